The minimum Gasteiger partial charge on any atom is -0.463 e. The number of rotatable bonds is 4. The van der Waals surface area contributed by atoms with Crippen LogP contribution in [0.2, 0.25) is 0 Å². The Bertz CT molecular complexity index is 427. The summed E-state index contributed by atoms with van der Waals surface area (Å²) in [7, 11) is 1.37. The van der Waals surface area contributed by atoms with Crippen LogP contribution >= 0.6 is 0 Å². The number of methoxy groups -OCH3 is 1. The fraction of sp³-hybridized carbons (Fsp3) is 0.667. The number of furan rings is 1. The normalized spacial score (nSPS) is 22.2. The maximum absolute atomic E-state index is 11.4. The van der Waals surface area contributed by atoms with Gasteiger partial charge in [-0.3, -0.25) is 4.90 Å². The molecule has 106 valence electrons. The molecule has 1 aliphatic heterocycles. The highest BCUT2D eigenvalue weighted by molar-refractivity contribution is 5.86. The van der Waals surface area contributed by atoms with Crippen molar-refractivity contribution in [3.8, 4) is 0 Å². The van der Waals surface area contributed by atoms with E-state index >= 15 is 0 Å². The van der Waals surface area contributed by atoms with E-state index in [0.717, 1.165) is 18.7 Å². The van der Waals surface area contributed by atoms with Crippen molar-refractivity contribution < 1.29 is 13.9 Å². The summed E-state index contributed by atoms with van der Waals surface area (Å²) >= 11 is 0. The maximum Gasteiger partial charge on any atom is 0.373 e. The fourth-order valence-corrected chi connectivity index (χ4v) is 2.92. The molecule has 1 fully saturated rings. The Hall–Kier alpha value is -1.29. The number of carbonyl (C=O) groups is 1. The van der Waals surface area contributed by atoms with Gasteiger partial charge in [0.05, 0.1) is 13.2 Å². The lowest BCUT2D eigenvalue weighted by Crippen LogP contribution is -2.40. The van der Waals surface area contributed by atoms with Gasteiger partial charge in [0, 0.05) is 6.04 Å². The first-order valence-electron chi connectivity index (χ1n) is 7.11. The zero-order chi connectivity index (χ0) is 13.8. The predicted molar refractivity (Wildman–Crippen MR) is 73.1 cm³/mol. The first kappa shape index (κ1) is 14.1. The van der Waals surface area contributed by atoms with Crippen LogP contribution in [-0.2, 0) is 4.74 Å². The third-order valence-corrected chi connectivity index (χ3v) is 4.07. The Kier molecular flexibility index (Phi) is 4.64. The summed E-state index contributed by atoms with van der Waals surface area (Å²) in [5, 5.41) is 0. The second kappa shape index (κ2) is 6.24. The Labute approximate surface area is 114 Å². The van der Waals surface area contributed by atoms with Gasteiger partial charge >= 0.3 is 5.97 Å². The van der Waals surface area contributed by atoms with Gasteiger partial charge in [-0.2, -0.15) is 0 Å². The molecule has 4 heteroatoms. The first-order valence-corrected chi connectivity index (χ1v) is 7.11. The summed E-state index contributed by atoms with van der Waals surface area (Å²) < 4.78 is 10.3. The van der Waals surface area contributed by atoms with E-state index < -0.39 is 5.97 Å². The van der Waals surface area contributed by atoms with Crippen molar-refractivity contribution in [1.82, 2.24) is 4.90 Å². The number of hydrogen-bond donors (Lipinski definition) is 0. The topological polar surface area (TPSA) is 42.7 Å². The van der Waals surface area contributed by atoms with E-state index in [0.29, 0.717) is 6.04 Å². The monoisotopic (exact) mass is 265 g/mol. The molecule has 19 heavy (non-hydrogen) atoms. The molecule has 1 aromatic rings. The Balaban J connectivity index is 2.11. The van der Waals surface area contributed by atoms with Gasteiger partial charge < -0.3 is 9.15 Å². The summed E-state index contributed by atoms with van der Waals surface area (Å²) in [6.07, 6.45) is 4.97. The molecule has 4 nitrogen and oxygen atoms in total. The number of carbonyl (C=O) groups excluding carboxylic acids is 1. The van der Waals surface area contributed by atoms with Gasteiger partial charge in [0.2, 0.25) is 5.76 Å². The molecule has 0 aliphatic carbocycles. The standard InChI is InChI=1S/C15H23NO3/c1-4-12-7-5-6-10-16(12)11(2)13-8-9-14(19-13)15(17)18-3/h8-9,11-12H,4-7,10H2,1-3H3. The van der Waals surface area contributed by atoms with E-state index in [2.05, 4.69) is 23.5 Å². The molecule has 0 spiro atoms. The number of piperidine rings is 1. The van der Waals surface area contributed by atoms with Gasteiger partial charge in [0.15, 0.2) is 0 Å². The minimum absolute atomic E-state index is 0.212. The lowest BCUT2D eigenvalue weighted by atomic mass is 9.97. The lowest BCUT2D eigenvalue weighted by molar-refractivity contribution is 0.0548. The summed E-state index contributed by atoms with van der Waals surface area (Å²) in [4.78, 5) is 13.9. The van der Waals surface area contributed by atoms with Crippen LogP contribution in [0.15, 0.2) is 16.5 Å². The van der Waals surface area contributed by atoms with Gasteiger partial charge in [-0.15, -0.1) is 0 Å². The second-order valence-corrected chi connectivity index (χ2v) is 5.17. The van der Waals surface area contributed by atoms with Crippen LogP contribution in [0.1, 0.15) is 61.9 Å². The minimum atomic E-state index is -0.413. The van der Waals surface area contributed by atoms with Crippen molar-refractivity contribution in [2.45, 2.75) is 51.6 Å². The van der Waals surface area contributed by atoms with E-state index in [4.69, 9.17) is 4.42 Å². The maximum atomic E-state index is 11.4. The van der Waals surface area contributed by atoms with Crippen molar-refractivity contribution in [1.29, 1.82) is 0 Å². The fourth-order valence-electron chi connectivity index (χ4n) is 2.92. The van der Waals surface area contributed by atoms with Crippen LogP contribution in [0, 0.1) is 0 Å². The smallest absolute Gasteiger partial charge is 0.373 e. The SMILES string of the molecule is CCC1CCCCN1C(C)c1ccc(C(=O)OC)o1. The van der Waals surface area contributed by atoms with Crippen LogP contribution in [0.3, 0.4) is 0 Å². The lowest BCUT2D eigenvalue weighted by Gasteiger charge is -2.38. The number of esters is 1. The summed E-state index contributed by atoms with van der Waals surface area (Å²) in [5.74, 6) is 0.722. The Morgan fingerprint density at radius 2 is 2.32 bits per heavy atom. The molecule has 0 N–H and O–H groups in total. The molecule has 1 saturated heterocycles. The second-order valence-electron chi connectivity index (χ2n) is 5.17. The van der Waals surface area contributed by atoms with E-state index in [9.17, 15) is 4.79 Å². The average molecular weight is 265 g/mol. The molecule has 0 radical (unpaired) electrons. The third-order valence-electron chi connectivity index (χ3n) is 4.07. The zero-order valence-electron chi connectivity index (χ0n) is 12.0. The molecular formula is C15H23NO3. The number of likely N-dealkylation sites (tertiary alicyclic amines) is 1. The average Bonchev–Trinajstić information content (AvgIpc) is 2.95. The predicted octanol–water partition coefficient (Wildman–Crippen LogP) is 3.39. The molecule has 2 rings (SSSR count). The third kappa shape index (κ3) is 3.00. The molecule has 0 amide bonds. The molecule has 0 saturated carbocycles. The number of nitrogens with zero attached hydrogens (tertiary/aromatic N) is 1. The summed E-state index contributed by atoms with van der Waals surface area (Å²) in [5.41, 5.74) is 0. The quantitative estimate of drug-likeness (QED) is 0.783. The van der Waals surface area contributed by atoms with E-state index in [1.165, 1.54) is 26.4 Å². The van der Waals surface area contributed by atoms with Crippen molar-refractivity contribution in [2.75, 3.05) is 13.7 Å². The molecule has 1 aliphatic rings. The van der Waals surface area contributed by atoms with Gasteiger partial charge in [-0.25, -0.2) is 4.79 Å². The zero-order valence-corrected chi connectivity index (χ0v) is 12.0. The van der Waals surface area contributed by atoms with Crippen molar-refractivity contribution in [2.24, 2.45) is 0 Å². The van der Waals surface area contributed by atoms with Gasteiger partial charge in [0.1, 0.15) is 5.76 Å². The molecule has 0 bridgehead atoms. The Morgan fingerprint density at radius 1 is 1.53 bits per heavy atom. The van der Waals surface area contributed by atoms with Crippen LogP contribution in [0.4, 0.5) is 0 Å². The van der Waals surface area contributed by atoms with E-state index in [-0.39, 0.29) is 11.8 Å². The van der Waals surface area contributed by atoms with Crippen LogP contribution in [-0.4, -0.2) is 30.6 Å². The molecule has 2 atom stereocenters. The number of ether oxygens (including phenoxy) is 1. The van der Waals surface area contributed by atoms with Crippen LogP contribution < -0.4 is 0 Å². The van der Waals surface area contributed by atoms with Gasteiger partial charge in [-0.05, 0) is 44.9 Å². The first-order chi connectivity index (χ1) is 9.17. The highest BCUT2D eigenvalue weighted by Gasteiger charge is 2.28. The van der Waals surface area contributed by atoms with Gasteiger partial charge in [0.25, 0.3) is 0 Å². The molecule has 2 heterocycles. The van der Waals surface area contributed by atoms with Crippen LogP contribution in [0.25, 0.3) is 0 Å². The molecule has 0 aromatic carbocycles. The number of hydrogen-bond acceptors (Lipinski definition) is 4. The Morgan fingerprint density at radius 3 is 3.00 bits per heavy atom. The largest absolute Gasteiger partial charge is 0.463 e. The highest BCUT2D eigenvalue weighted by atomic mass is 16.5. The van der Waals surface area contributed by atoms with Gasteiger partial charge in [-0.1, -0.05) is 13.3 Å². The van der Waals surface area contributed by atoms with E-state index in [1.54, 1.807) is 6.07 Å². The highest BCUT2D eigenvalue weighted by Crippen LogP contribution is 2.30. The van der Waals surface area contributed by atoms with E-state index in [1.807, 2.05) is 6.07 Å². The van der Waals surface area contributed by atoms with Crippen LogP contribution in [0.5, 0.6) is 0 Å². The summed E-state index contributed by atoms with van der Waals surface area (Å²) in [6, 6.07) is 4.42. The molecule has 1 aromatic heterocycles. The molecular weight excluding hydrogens is 242 g/mol. The summed E-state index contributed by atoms with van der Waals surface area (Å²) in [6.45, 7) is 5.49. The van der Waals surface area contributed by atoms with Crippen molar-refractivity contribution in [3.63, 3.8) is 0 Å². The molecule has 2 unspecified atom stereocenters. The van der Waals surface area contributed by atoms with Crippen molar-refractivity contribution in [3.05, 3.63) is 23.7 Å². The van der Waals surface area contributed by atoms with Crippen molar-refractivity contribution >= 4 is 5.97 Å².